The highest BCUT2D eigenvalue weighted by molar-refractivity contribution is 8.02. The monoisotopic (exact) mass is 367 g/mol. The molecular weight excluding hydrogens is 362 g/mol. The van der Waals surface area contributed by atoms with Crippen molar-refractivity contribution in [2.24, 2.45) is 0 Å². The van der Waals surface area contributed by atoms with Gasteiger partial charge in [-0.05, 0) is 12.1 Å². The molecule has 1 aromatic carbocycles. The third kappa shape index (κ3) is 3.01. The largest absolute Gasteiger partial charge is 0.434 e. The van der Waals surface area contributed by atoms with Crippen LogP contribution < -0.4 is 4.72 Å². The lowest BCUT2D eigenvalue weighted by Gasteiger charge is -2.05. The number of anilines is 1. The number of hydrogen-bond donors (Lipinski definition) is 2. The second kappa shape index (κ2) is 5.64. The first-order chi connectivity index (χ1) is 10.3. The molecule has 0 bridgehead atoms. The van der Waals surface area contributed by atoms with Crippen LogP contribution in [0.25, 0.3) is 10.9 Å². The Balaban J connectivity index is 1.84. The van der Waals surface area contributed by atoms with E-state index in [1.165, 1.54) is 18.3 Å². The first-order valence-corrected chi connectivity index (χ1v) is 7.84. The van der Waals surface area contributed by atoms with E-state index in [-0.39, 0.29) is 4.34 Å². The predicted molar refractivity (Wildman–Crippen MR) is 79.9 cm³/mol. The number of nitrogens with zero attached hydrogens (tertiary/aromatic N) is 1. The van der Waals surface area contributed by atoms with E-state index in [2.05, 4.69) is 14.7 Å². The van der Waals surface area contributed by atoms with Crippen molar-refractivity contribution >= 4 is 51.5 Å². The molecule has 0 unspecified atom stereocenters. The van der Waals surface area contributed by atoms with Crippen molar-refractivity contribution in [3.05, 3.63) is 40.2 Å². The Morgan fingerprint density at radius 1 is 1.32 bits per heavy atom. The molecule has 10 heteroatoms. The van der Waals surface area contributed by atoms with Gasteiger partial charge in [0.25, 0.3) is 0 Å². The highest BCUT2D eigenvalue weighted by Gasteiger charge is 2.33. The van der Waals surface area contributed by atoms with Crippen molar-refractivity contribution in [3.63, 3.8) is 0 Å². The quantitative estimate of drug-likeness (QED) is 0.470. The molecule has 0 saturated carbocycles. The van der Waals surface area contributed by atoms with Gasteiger partial charge in [-0.15, -0.1) is 11.3 Å². The first-order valence-electron chi connectivity index (χ1n) is 5.76. The van der Waals surface area contributed by atoms with Gasteiger partial charge >= 0.3 is 6.18 Å². The first kappa shape index (κ1) is 15.4. The van der Waals surface area contributed by atoms with Crippen molar-refractivity contribution in [2.75, 3.05) is 4.72 Å². The summed E-state index contributed by atoms with van der Waals surface area (Å²) in [6.45, 7) is 0. The number of aromatic nitrogens is 2. The molecule has 116 valence electrons. The maximum atomic E-state index is 13.6. The number of H-pyrrole nitrogens is 1. The minimum atomic E-state index is -4.48. The average molecular weight is 368 g/mol. The SMILES string of the molecule is Fc1cc(NSc2nc(C(F)(F)F)cs2)c2[nH]cc(Cl)c2c1. The maximum Gasteiger partial charge on any atom is 0.434 e. The molecule has 0 fully saturated rings. The standard InChI is InChI=1S/C12H6ClF4N3S2/c13-7-3-18-10-6(7)1-5(14)2-8(10)20-22-11-19-9(4-21-11)12(15,16)17/h1-4,18,20H. The summed E-state index contributed by atoms with van der Waals surface area (Å²) in [7, 11) is 0. The highest BCUT2D eigenvalue weighted by Crippen LogP contribution is 2.35. The summed E-state index contributed by atoms with van der Waals surface area (Å²) in [6.07, 6.45) is -2.97. The van der Waals surface area contributed by atoms with Crippen LogP contribution in [0.15, 0.2) is 28.0 Å². The van der Waals surface area contributed by atoms with Crippen LogP contribution in [0.2, 0.25) is 5.02 Å². The fraction of sp³-hybridized carbons (Fsp3) is 0.0833. The Hall–Kier alpha value is -1.45. The zero-order chi connectivity index (χ0) is 15.9. The maximum absolute atomic E-state index is 13.6. The molecule has 22 heavy (non-hydrogen) atoms. The molecule has 0 spiro atoms. The Labute approximate surface area is 134 Å². The Morgan fingerprint density at radius 2 is 2.09 bits per heavy atom. The molecule has 3 aromatic rings. The summed E-state index contributed by atoms with van der Waals surface area (Å²) in [5, 5.41) is 1.77. The normalized spacial score (nSPS) is 12.0. The summed E-state index contributed by atoms with van der Waals surface area (Å²) in [6, 6.07) is 2.50. The smallest absolute Gasteiger partial charge is 0.358 e. The number of alkyl halides is 3. The van der Waals surface area contributed by atoms with Crippen LogP contribution in [0.4, 0.5) is 23.2 Å². The Morgan fingerprint density at radius 3 is 2.77 bits per heavy atom. The molecule has 3 rings (SSSR count). The number of hydrogen-bond acceptors (Lipinski definition) is 4. The molecule has 2 heterocycles. The molecular formula is C12H6ClF4N3S2. The van der Waals surface area contributed by atoms with E-state index in [9.17, 15) is 17.6 Å². The number of rotatable bonds is 3. The highest BCUT2D eigenvalue weighted by atomic mass is 35.5. The molecule has 2 aromatic heterocycles. The van der Waals surface area contributed by atoms with E-state index in [0.717, 1.165) is 28.7 Å². The van der Waals surface area contributed by atoms with Gasteiger partial charge in [0.2, 0.25) is 0 Å². The van der Waals surface area contributed by atoms with Crippen LogP contribution in [0.3, 0.4) is 0 Å². The van der Waals surface area contributed by atoms with Crippen molar-refractivity contribution in [1.82, 2.24) is 9.97 Å². The molecule has 0 aliphatic carbocycles. The van der Waals surface area contributed by atoms with Crippen LogP contribution in [-0.2, 0) is 6.18 Å². The number of benzene rings is 1. The van der Waals surface area contributed by atoms with Crippen molar-refractivity contribution in [3.8, 4) is 0 Å². The minimum Gasteiger partial charge on any atom is -0.358 e. The van der Waals surface area contributed by atoms with Gasteiger partial charge in [0.1, 0.15) is 5.82 Å². The third-order valence-electron chi connectivity index (χ3n) is 2.73. The van der Waals surface area contributed by atoms with Crippen LogP contribution >= 0.6 is 34.9 Å². The van der Waals surface area contributed by atoms with Crippen LogP contribution in [0.1, 0.15) is 5.69 Å². The zero-order valence-electron chi connectivity index (χ0n) is 10.5. The number of aromatic amines is 1. The number of fused-ring (bicyclic) bond motifs is 1. The Kier molecular flexibility index (Phi) is 3.96. The molecule has 2 N–H and O–H groups in total. The topological polar surface area (TPSA) is 40.7 Å². The molecule has 0 aliphatic rings. The van der Waals surface area contributed by atoms with E-state index in [1.54, 1.807) is 0 Å². The fourth-order valence-electron chi connectivity index (χ4n) is 1.78. The van der Waals surface area contributed by atoms with Crippen LogP contribution in [-0.4, -0.2) is 9.97 Å². The minimum absolute atomic E-state index is 0.169. The summed E-state index contributed by atoms with van der Waals surface area (Å²) in [5.41, 5.74) is -0.0173. The summed E-state index contributed by atoms with van der Waals surface area (Å²) in [4.78, 5) is 6.35. The average Bonchev–Trinajstić information content (AvgIpc) is 3.04. The number of thiazole rings is 1. The lowest BCUT2D eigenvalue weighted by molar-refractivity contribution is -0.141. The van der Waals surface area contributed by atoms with Gasteiger partial charge in [-0.25, -0.2) is 9.37 Å². The summed E-state index contributed by atoms with van der Waals surface area (Å²) in [5.74, 6) is -0.507. The molecule has 0 atom stereocenters. The van der Waals surface area contributed by atoms with Gasteiger partial charge in [0.15, 0.2) is 10.0 Å². The van der Waals surface area contributed by atoms with Gasteiger partial charge in [0.05, 0.1) is 16.2 Å². The van der Waals surface area contributed by atoms with Crippen molar-refractivity contribution < 1.29 is 17.6 Å². The summed E-state index contributed by atoms with van der Waals surface area (Å²) >= 11 is 7.64. The van der Waals surface area contributed by atoms with E-state index < -0.39 is 17.7 Å². The second-order valence-electron chi connectivity index (χ2n) is 4.21. The Bertz CT molecular complexity index is 827. The third-order valence-corrected chi connectivity index (χ3v) is 4.80. The molecule has 0 saturated heterocycles. The van der Waals surface area contributed by atoms with Crippen molar-refractivity contribution in [2.45, 2.75) is 10.5 Å². The van der Waals surface area contributed by atoms with E-state index in [1.807, 2.05) is 0 Å². The van der Waals surface area contributed by atoms with E-state index in [4.69, 9.17) is 11.6 Å². The molecule has 0 radical (unpaired) electrons. The second-order valence-corrected chi connectivity index (χ2v) is 6.53. The van der Waals surface area contributed by atoms with Crippen LogP contribution in [0.5, 0.6) is 0 Å². The van der Waals surface area contributed by atoms with E-state index in [0.29, 0.717) is 21.6 Å². The lowest BCUT2D eigenvalue weighted by Crippen LogP contribution is -2.04. The van der Waals surface area contributed by atoms with Gasteiger partial charge in [0, 0.05) is 28.9 Å². The molecule has 3 nitrogen and oxygen atoms in total. The van der Waals surface area contributed by atoms with Gasteiger partial charge in [-0.3, -0.25) is 0 Å². The van der Waals surface area contributed by atoms with E-state index >= 15 is 0 Å². The number of nitrogens with one attached hydrogen (secondary N) is 2. The zero-order valence-corrected chi connectivity index (χ0v) is 12.9. The lowest BCUT2D eigenvalue weighted by atomic mass is 10.2. The van der Waals surface area contributed by atoms with Gasteiger partial charge < -0.3 is 9.71 Å². The fourth-order valence-corrected chi connectivity index (χ4v) is 3.49. The van der Waals surface area contributed by atoms with Crippen LogP contribution in [0, 0.1) is 5.82 Å². The van der Waals surface area contributed by atoms with Crippen molar-refractivity contribution in [1.29, 1.82) is 0 Å². The van der Waals surface area contributed by atoms with Gasteiger partial charge in [-0.2, -0.15) is 13.2 Å². The summed E-state index contributed by atoms with van der Waals surface area (Å²) < 4.78 is 53.9. The molecule has 0 amide bonds. The van der Waals surface area contributed by atoms with Gasteiger partial charge in [-0.1, -0.05) is 11.6 Å². The number of halogens is 5. The predicted octanol–water partition coefficient (Wildman–Crippen LogP) is 5.55. The molecule has 0 aliphatic heterocycles.